The lowest BCUT2D eigenvalue weighted by atomic mass is 10.2. The fourth-order valence-electron chi connectivity index (χ4n) is 2.63. The third-order valence-electron chi connectivity index (χ3n) is 4.12. The summed E-state index contributed by atoms with van der Waals surface area (Å²) < 4.78 is 2.35. The lowest BCUT2D eigenvalue weighted by molar-refractivity contribution is -0.130. The molecule has 0 spiro atoms. The monoisotopic (exact) mass is 361 g/mol. The fraction of sp³-hybridized carbons (Fsp3) is 0.375. The van der Waals surface area contributed by atoms with Gasteiger partial charge in [-0.2, -0.15) is 0 Å². The lowest BCUT2D eigenvalue weighted by Crippen LogP contribution is -2.36. The van der Waals surface area contributed by atoms with E-state index in [9.17, 15) is 14.4 Å². The molecule has 3 rings (SSSR count). The number of fused-ring (bicyclic) bond motifs is 1. The summed E-state index contributed by atoms with van der Waals surface area (Å²) in [5, 5.41) is 1.98. The van der Waals surface area contributed by atoms with Gasteiger partial charge in [-0.25, -0.2) is 9.78 Å². The van der Waals surface area contributed by atoms with Crippen molar-refractivity contribution in [2.75, 3.05) is 7.05 Å². The summed E-state index contributed by atoms with van der Waals surface area (Å²) >= 11 is 1.61. The Morgan fingerprint density at radius 3 is 2.76 bits per heavy atom. The summed E-state index contributed by atoms with van der Waals surface area (Å²) in [5.74, 6) is 0.516. The van der Waals surface area contributed by atoms with Gasteiger partial charge in [0.2, 0.25) is 5.91 Å². The number of aryl methyl sites for hydroxylation is 2. The number of imidazole rings is 1. The molecule has 0 bridgehead atoms. The maximum atomic E-state index is 12.3. The predicted molar refractivity (Wildman–Crippen MR) is 95.7 cm³/mol. The van der Waals surface area contributed by atoms with Crippen molar-refractivity contribution in [1.82, 2.24) is 24.0 Å². The Hall–Kier alpha value is -2.68. The summed E-state index contributed by atoms with van der Waals surface area (Å²) in [4.78, 5) is 46.4. The minimum Gasteiger partial charge on any atom is -0.341 e. The number of aromatic amines is 1. The molecule has 1 N–H and O–H groups in total. The number of hydrogen-bond acceptors (Lipinski definition) is 5. The molecule has 25 heavy (non-hydrogen) atoms. The first-order valence-corrected chi connectivity index (χ1v) is 8.67. The molecule has 9 heteroatoms. The summed E-state index contributed by atoms with van der Waals surface area (Å²) in [7, 11) is 4.75. The summed E-state index contributed by atoms with van der Waals surface area (Å²) in [6.45, 7) is 0.575. The van der Waals surface area contributed by atoms with Gasteiger partial charge in [0.05, 0.1) is 6.54 Å². The zero-order valence-electron chi connectivity index (χ0n) is 14.3. The number of thiophene rings is 1. The van der Waals surface area contributed by atoms with Crippen molar-refractivity contribution in [1.29, 1.82) is 0 Å². The van der Waals surface area contributed by atoms with Crippen molar-refractivity contribution in [3.63, 3.8) is 0 Å². The highest BCUT2D eigenvalue weighted by molar-refractivity contribution is 7.09. The van der Waals surface area contributed by atoms with E-state index in [-0.39, 0.29) is 17.8 Å². The van der Waals surface area contributed by atoms with Gasteiger partial charge >= 0.3 is 5.69 Å². The third kappa shape index (κ3) is 3.27. The number of aromatic nitrogens is 4. The number of carbonyl (C=O) groups excluding carboxylic acids is 1. The molecule has 0 aliphatic rings. The second-order valence-corrected chi connectivity index (χ2v) is 6.95. The first-order chi connectivity index (χ1) is 11.9. The largest absolute Gasteiger partial charge is 0.341 e. The van der Waals surface area contributed by atoms with E-state index in [1.54, 1.807) is 30.3 Å². The van der Waals surface area contributed by atoms with Crippen LogP contribution in [0.15, 0.2) is 27.1 Å². The molecule has 8 nitrogen and oxygen atoms in total. The number of amides is 1. The molecule has 3 aromatic heterocycles. The Morgan fingerprint density at radius 1 is 1.32 bits per heavy atom. The third-order valence-corrected chi connectivity index (χ3v) is 4.98. The van der Waals surface area contributed by atoms with Crippen LogP contribution in [0.2, 0.25) is 0 Å². The van der Waals surface area contributed by atoms with E-state index in [2.05, 4.69) is 9.97 Å². The summed E-state index contributed by atoms with van der Waals surface area (Å²) in [6, 6.07) is 3.95. The van der Waals surface area contributed by atoms with E-state index < -0.39 is 11.2 Å². The van der Waals surface area contributed by atoms with Crippen LogP contribution in [-0.4, -0.2) is 37.0 Å². The van der Waals surface area contributed by atoms with Crippen LogP contribution in [0.1, 0.15) is 17.1 Å². The Bertz CT molecular complexity index is 1030. The molecule has 0 fully saturated rings. The van der Waals surface area contributed by atoms with E-state index >= 15 is 0 Å². The Labute approximate surface area is 147 Å². The first-order valence-electron chi connectivity index (χ1n) is 7.79. The molecule has 0 aliphatic heterocycles. The SMILES string of the molecule is CN(Cc1cccs1)C(=O)CCc1nc2c([nH]1)c(=O)n(C)c(=O)n2C. The van der Waals surface area contributed by atoms with Gasteiger partial charge in [0.1, 0.15) is 11.3 Å². The molecule has 0 aliphatic carbocycles. The van der Waals surface area contributed by atoms with Gasteiger partial charge in [-0.15, -0.1) is 11.3 Å². The maximum Gasteiger partial charge on any atom is 0.332 e. The van der Waals surface area contributed by atoms with E-state index in [1.165, 1.54) is 11.6 Å². The Balaban J connectivity index is 1.74. The van der Waals surface area contributed by atoms with E-state index in [1.807, 2.05) is 17.5 Å². The molecule has 1 amide bonds. The zero-order chi connectivity index (χ0) is 18.1. The molecular formula is C16H19N5O3S. The molecule has 132 valence electrons. The summed E-state index contributed by atoms with van der Waals surface area (Å²) in [5.41, 5.74) is -0.262. The van der Waals surface area contributed by atoms with Crippen LogP contribution < -0.4 is 11.2 Å². The number of hydrogen-bond donors (Lipinski definition) is 1. The van der Waals surface area contributed by atoms with Gasteiger partial charge < -0.3 is 9.88 Å². The predicted octanol–water partition coefficient (Wildman–Crippen LogP) is 0.613. The van der Waals surface area contributed by atoms with Crippen molar-refractivity contribution in [2.24, 2.45) is 14.1 Å². The Kier molecular flexibility index (Phi) is 4.58. The topological polar surface area (TPSA) is 93.0 Å². The first kappa shape index (κ1) is 17.2. The number of carbonyl (C=O) groups is 1. The minimum atomic E-state index is -0.428. The van der Waals surface area contributed by atoms with Gasteiger partial charge in [0, 0.05) is 38.9 Å². The second kappa shape index (κ2) is 6.67. The maximum absolute atomic E-state index is 12.3. The molecule has 3 aromatic rings. The Morgan fingerprint density at radius 2 is 2.08 bits per heavy atom. The van der Waals surface area contributed by atoms with E-state index in [4.69, 9.17) is 0 Å². The molecule has 3 heterocycles. The highest BCUT2D eigenvalue weighted by atomic mass is 32.1. The number of rotatable bonds is 5. The molecule has 0 radical (unpaired) electrons. The van der Waals surface area contributed by atoms with Crippen LogP contribution in [0, 0.1) is 0 Å². The van der Waals surface area contributed by atoms with Crippen molar-refractivity contribution in [3.8, 4) is 0 Å². The number of nitrogens with zero attached hydrogens (tertiary/aromatic N) is 4. The number of H-pyrrole nitrogens is 1. The molecular weight excluding hydrogens is 342 g/mol. The van der Waals surface area contributed by atoms with E-state index in [0.717, 1.165) is 9.44 Å². The lowest BCUT2D eigenvalue weighted by Gasteiger charge is -2.15. The average molecular weight is 361 g/mol. The van der Waals surface area contributed by atoms with Crippen molar-refractivity contribution in [3.05, 3.63) is 49.1 Å². The second-order valence-electron chi connectivity index (χ2n) is 5.92. The van der Waals surface area contributed by atoms with Crippen molar-refractivity contribution < 1.29 is 4.79 Å². The van der Waals surface area contributed by atoms with Crippen LogP contribution in [0.3, 0.4) is 0 Å². The van der Waals surface area contributed by atoms with Gasteiger partial charge in [0.25, 0.3) is 5.56 Å². The van der Waals surface area contributed by atoms with Crippen LogP contribution in [-0.2, 0) is 31.9 Å². The smallest absolute Gasteiger partial charge is 0.332 e. The standard InChI is InChI=1S/C16H19N5O3S/c1-19(9-10-5-4-8-25-10)12(22)7-6-11-17-13-14(18-11)20(2)16(24)21(3)15(13)23/h4-5,8H,6-7,9H2,1-3H3,(H,17,18). The van der Waals surface area contributed by atoms with Crippen LogP contribution >= 0.6 is 11.3 Å². The zero-order valence-corrected chi connectivity index (χ0v) is 15.1. The van der Waals surface area contributed by atoms with Crippen molar-refractivity contribution in [2.45, 2.75) is 19.4 Å². The summed E-state index contributed by atoms with van der Waals surface area (Å²) in [6.07, 6.45) is 0.648. The van der Waals surface area contributed by atoms with Gasteiger partial charge in [-0.05, 0) is 11.4 Å². The van der Waals surface area contributed by atoms with Gasteiger partial charge in [0.15, 0.2) is 5.65 Å². The quantitative estimate of drug-likeness (QED) is 0.721. The van der Waals surface area contributed by atoms with Crippen LogP contribution in [0.25, 0.3) is 11.2 Å². The highest BCUT2D eigenvalue weighted by Gasteiger charge is 2.15. The average Bonchev–Trinajstić information content (AvgIpc) is 3.25. The minimum absolute atomic E-state index is 0.00403. The van der Waals surface area contributed by atoms with Crippen LogP contribution in [0.5, 0.6) is 0 Å². The van der Waals surface area contributed by atoms with E-state index in [0.29, 0.717) is 24.4 Å². The highest BCUT2D eigenvalue weighted by Crippen LogP contribution is 2.12. The molecule has 0 saturated heterocycles. The van der Waals surface area contributed by atoms with Gasteiger partial charge in [-0.1, -0.05) is 6.07 Å². The fourth-order valence-corrected chi connectivity index (χ4v) is 3.39. The normalized spacial score (nSPS) is 11.2. The van der Waals surface area contributed by atoms with Crippen LogP contribution in [0.4, 0.5) is 0 Å². The van der Waals surface area contributed by atoms with Crippen molar-refractivity contribution >= 4 is 28.4 Å². The molecule has 0 unspecified atom stereocenters. The van der Waals surface area contributed by atoms with Gasteiger partial charge in [-0.3, -0.25) is 18.7 Å². The molecule has 0 saturated carbocycles. The molecule has 0 aromatic carbocycles. The molecule has 0 atom stereocenters. The number of nitrogens with one attached hydrogen (secondary N) is 1.